The van der Waals surface area contributed by atoms with Crippen molar-refractivity contribution in [3.05, 3.63) is 47.3 Å². The monoisotopic (exact) mass is 438 g/mol. The SMILES string of the molecule is O=C(c1cccc(F)c1)N1CCN(C(=O)N2CC3(CC(c4n[nH]c(C5CC5)n4)C3)C2)CC1. The lowest BCUT2D eigenvalue weighted by Crippen LogP contribution is -2.66. The number of likely N-dealkylation sites (tertiary alicyclic amines) is 1. The third-order valence-electron chi connectivity index (χ3n) is 7.44. The Bertz CT molecular complexity index is 1040. The Morgan fingerprint density at radius 3 is 2.41 bits per heavy atom. The topological polar surface area (TPSA) is 85.4 Å². The van der Waals surface area contributed by atoms with Crippen LogP contribution in [0, 0.1) is 11.2 Å². The summed E-state index contributed by atoms with van der Waals surface area (Å²) in [6.45, 7) is 3.54. The Kier molecular flexibility index (Phi) is 4.48. The molecule has 32 heavy (non-hydrogen) atoms. The highest BCUT2D eigenvalue weighted by Gasteiger charge is 2.55. The molecule has 3 heterocycles. The maximum Gasteiger partial charge on any atom is 0.320 e. The van der Waals surface area contributed by atoms with Gasteiger partial charge in [-0.25, -0.2) is 14.2 Å². The second-order valence-corrected chi connectivity index (χ2v) is 9.89. The van der Waals surface area contributed by atoms with Crippen molar-refractivity contribution in [1.29, 1.82) is 0 Å². The third kappa shape index (κ3) is 3.43. The number of carbonyl (C=O) groups excluding carboxylic acids is 2. The molecule has 1 spiro atoms. The van der Waals surface area contributed by atoms with Crippen LogP contribution >= 0.6 is 0 Å². The number of carbonyl (C=O) groups is 2. The minimum absolute atomic E-state index is 0.0610. The summed E-state index contributed by atoms with van der Waals surface area (Å²) in [6.07, 6.45) is 4.53. The first-order valence-corrected chi connectivity index (χ1v) is 11.5. The lowest BCUT2D eigenvalue weighted by molar-refractivity contribution is -0.0577. The van der Waals surface area contributed by atoms with E-state index in [0.29, 0.717) is 43.6 Å². The Morgan fingerprint density at radius 1 is 1.00 bits per heavy atom. The summed E-state index contributed by atoms with van der Waals surface area (Å²) in [7, 11) is 0. The van der Waals surface area contributed by atoms with Crippen molar-refractivity contribution >= 4 is 11.9 Å². The summed E-state index contributed by atoms with van der Waals surface area (Å²) >= 11 is 0. The van der Waals surface area contributed by atoms with E-state index in [4.69, 9.17) is 0 Å². The van der Waals surface area contributed by atoms with Gasteiger partial charge in [-0.1, -0.05) is 6.07 Å². The van der Waals surface area contributed by atoms with Crippen molar-refractivity contribution in [1.82, 2.24) is 29.9 Å². The van der Waals surface area contributed by atoms with Gasteiger partial charge in [0.05, 0.1) is 0 Å². The fourth-order valence-corrected chi connectivity index (χ4v) is 5.44. The van der Waals surface area contributed by atoms with Gasteiger partial charge in [-0.15, -0.1) is 0 Å². The van der Waals surface area contributed by atoms with Crippen LogP contribution < -0.4 is 0 Å². The molecule has 4 aliphatic rings. The van der Waals surface area contributed by atoms with Gasteiger partial charge in [-0.2, -0.15) is 5.10 Å². The van der Waals surface area contributed by atoms with E-state index in [9.17, 15) is 14.0 Å². The van der Waals surface area contributed by atoms with Crippen LogP contribution in [0.1, 0.15) is 59.5 Å². The van der Waals surface area contributed by atoms with Gasteiger partial charge in [0.1, 0.15) is 11.6 Å². The number of nitrogens with zero attached hydrogens (tertiary/aromatic N) is 5. The molecule has 0 bridgehead atoms. The van der Waals surface area contributed by atoms with Gasteiger partial charge in [0.15, 0.2) is 5.82 Å². The molecular weight excluding hydrogens is 411 g/mol. The number of hydrogen-bond acceptors (Lipinski definition) is 4. The van der Waals surface area contributed by atoms with Gasteiger partial charge in [0, 0.05) is 62.1 Å². The first kappa shape index (κ1) is 19.7. The second kappa shape index (κ2) is 7.28. The number of nitrogens with one attached hydrogen (secondary N) is 1. The van der Waals surface area contributed by atoms with Crippen LogP contribution in [-0.2, 0) is 0 Å². The quantitative estimate of drug-likeness (QED) is 0.798. The number of amides is 3. The zero-order valence-electron chi connectivity index (χ0n) is 18.0. The molecule has 6 rings (SSSR count). The fourth-order valence-electron chi connectivity index (χ4n) is 5.44. The molecule has 168 valence electrons. The fraction of sp³-hybridized carbons (Fsp3) is 0.565. The maximum absolute atomic E-state index is 13.4. The largest absolute Gasteiger partial charge is 0.335 e. The number of piperazine rings is 1. The molecule has 2 aromatic rings. The first-order valence-electron chi connectivity index (χ1n) is 11.5. The highest BCUT2D eigenvalue weighted by Crippen LogP contribution is 2.55. The van der Waals surface area contributed by atoms with E-state index in [1.807, 2.05) is 9.80 Å². The third-order valence-corrected chi connectivity index (χ3v) is 7.44. The zero-order valence-corrected chi connectivity index (χ0v) is 18.0. The Hall–Kier alpha value is -2.97. The van der Waals surface area contributed by atoms with E-state index < -0.39 is 5.82 Å². The number of H-pyrrole nitrogens is 1. The van der Waals surface area contributed by atoms with Crippen molar-refractivity contribution in [3.63, 3.8) is 0 Å². The van der Waals surface area contributed by atoms with Crippen LogP contribution in [0.5, 0.6) is 0 Å². The molecule has 1 aromatic carbocycles. The molecule has 0 atom stereocenters. The lowest BCUT2D eigenvalue weighted by atomic mass is 9.57. The lowest BCUT2D eigenvalue weighted by Gasteiger charge is -2.59. The number of halogens is 1. The van der Waals surface area contributed by atoms with Crippen molar-refractivity contribution < 1.29 is 14.0 Å². The summed E-state index contributed by atoms with van der Waals surface area (Å²) in [5.41, 5.74) is 0.584. The Labute approximate surface area is 185 Å². The van der Waals surface area contributed by atoms with Crippen LogP contribution in [0.3, 0.4) is 0 Å². The number of hydrogen-bond donors (Lipinski definition) is 1. The highest BCUT2D eigenvalue weighted by molar-refractivity contribution is 5.94. The average Bonchev–Trinajstić information content (AvgIpc) is 3.49. The summed E-state index contributed by atoms with van der Waals surface area (Å²) in [5, 5.41) is 7.52. The second-order valence-electron chi connectivity index (χ2n) is 9.89. The van der Waals surface area contributed by atoms with Crippen molar-refractivity contribution in [2.45, 2.75) is 37.5 Å². The standard InChI is InChI=1S/C23H27FN6O2/c24-18-3-1-2-16(10-18)21(31)28-6-8-29(9-7-28)22(32)30-13-23(14-30)11-17(12-23)20-25-19(26-27-20)15-4-5-15/h1-3,10,15,17H,4-9,11-14H2,(H,25,26,27). The molecule has 8 nitrogen and oxygen atoms in total. The van der Waals surface area contributed by atoms with Crippen LogP contribution in [-0.4, -0.2) is 81.1 Å². The maximum atomic E-state index is 13.4. The minimum Gasteiger partial charge on any atom is -0.335 e. The van der Waals surface area contributed by atoms with Crippen LogP contribution in [0.15, 0.2) is 24.3 Å². The number of aromatic nitrogens is 3. The summed E-state index contributed by atoms with van der Waals surface area (Å²) in [6, 6.07) is 5.82. The molecular formula is C23H27FN6O2. The molecule has 4 fully saturated rings. The number of benzene rings is 1. The van der Waals surface area contributed by atoms with Gasteiger partial charge in [-0.3, -0.25) is 9.89 Å². The molecule has 2 saturated heterocycles. The van der Waals surface area contributed by atoms with Crippen molar-refractivity contribution in [2.24, 2.45) is 5.41 Å². The molecule has 0 radical (unpaired) electrons. The number of urea groups is 1. The van der Waals surface area contributed by atoms with Gasteiger partial charge < -0.3 is 14.7 Å². The van der Waals surface area contributed by atoms with Gasteiger partial charge >= 0.3 is 6.03 Å². The minimum atomic E-state index is -0.416. The predicted octanol–water partition coefficient (Wildman–Crippen LogP) is 2.58. The van der Waals surface area contributed by atoms with Crippen LogP contribution in [0.2, 0.25) is 0 Å². The molecule has 2 aliphatic carbocycles. The number of aromatic amines is 1. The summed E-state index contributed by atoms with van der Waals surface area (Å²) < 4.78 is 13.4. The molecule has 2 saturated carbocycles. The van der Waals surface area contributed by atoms with Gasteiger partial charge in [0.25, 0.3) is 5.91 Å². The summed E-state index contributed by atoms with van der Waals surface area (Å²) in [4.78, 5) is 35.6. The van der Waals surface area contributed by atoms with Gasteiger partial charge in [0.2, 0.25) is 0 Å². The predicted molar refractivity (Wildman–Crippen MR) is 114 cm³/mol. The Morgan fingerprint density at radius 2 is 1.72 bits per heavy atom. The molecule has 0 unspecified atom stereocenters. The van der Waals surface area contributed by atoms with E-state index in [2.05, 4.69) is 15.2 Å². The van der Waals surface area contributed by atoms with Crippen molar-refractivity contribution in [3.8, 4) is 0 Å². The molecule has 3 amide bonds. The molecule has 1 N–H and O–H groups in total. The zero-order chi connectivity index (χ0) is 21.9. The van der Waals surface area contributed by atoms with Crippen LogP contribution in [0.25, 0.3) is 0 Å². The average molecular weight is 439 g/mol. The van der Waals surface area contributed by atoms with Gasteiger partial charge in [-0.05, 0) is 43.9 Å². The van der Waals surface area contributed by atoms with Crippen LogP contribution in [0.4, 0.5) is 9.18 Å². The Balaban J connectivity index is 0.973. The first-order chi connectivity index (χ1) is 15.5. The van der Waals surface area contributed by atoms with E-state index in [0.717, 1.165) is 37.6 Å². The molecule has 9 heteroatoms. The smallest absolute Gasteiger partial charge is 0.320 e. The normalized spacial score (nSPS) is 22.6. The van der Waals surface area contributed by atoms with E-state index in [-0.39, 0.29) is 17.4 Å². The molecule has 2 aliphatic heterocycles. The number of rotatable bonds is 3. The highest BCUT2D eigenvalue weighted by atomic mass is 19.1. The molecule has 1 aromatic heterocycles. The van der Waals surface area contributed by atoms with E-state index in [1.165, 1.54) is 25.0 Å². The van der Waals surface area contributed by atoms with E-state index >= 15 is 0 Å². The van der Waals surface area contributed by atoms with E-state index in [1.54, 1.807) is 17.0 Å². The summed E-state index contributed by atoms with van der Waals surface area (Å²) in [5.74, 6) is 2.39. The van der Waals surface area contributed by atoms with Crippen molar-refractivity contribution in [2.75, 3.05) is 39.3 Å².